The van der Waals surface area contributed by atoms with E-state index in [2.05, 4.69) is 10.6 Å². The summed E-state index contributed by atoms with van der Waals surface area (Å²) in [5, 5.41) is 5.35. The fourth-order valence-electron chi connectivity index (χ4n) is 1.42. The quantitative estimate of drug-likeness (QED) is 0.829. The van der Waals surface area contributed by atoms with Crippen LogP contribution in [-0.2, 0) is 0 Å². The SMILES string of the molecule is Cc1ccc(C(=O)NC(=S)Nc2ccc(F)cc2)o1. The van der Waals surface area contributed by atoms with Crippen molar-refractivity contribution >= 4 is 28.9 Å². The lowest BCUT2D eigenvalue weighted by Crippen LogP contribution is -2.33. The number of furan rings is 1. The van der Waals surface area contributed by atoms with Crippen LogP contribution in [0.5, 0.6) is 0 Å². The van der Waals surface area contributed by atoms with E-state index in [-0.39, 0.29) is 16.7 Å². The summed E-state index contributed by atoms with van der Waals surface area (Å²) >= 11 is 4.97. The number of nitrogens with one attached hydrogen (secondary N) is 2. The van der Waals surface area contributed by atoms with E-state index in [1.165, 1.54) is 24.3 Å². The van der Waals surface area contributed by atoms with Gasteiger partial charge in [-0.05, 0) is 55.5 Å². The van der Waals surface area contributed by atoms with Crippen molar-refractivity contribution in [1.82, 2.24) is 5.32 Å². The number of hydrogen-bond donors (Lipinski definition) is 2. The van der Waals surface area contributed by atoms with E-state index in [0.29, 0.717) is 11.4 Å². The van der Waals surface area contributed by atoms with E-state index in [9.17, 15) is 9.18 Å². The molecule has 0 atom stereocenters. The first-order valence-electron chi connectivity index (χ1n) is 5.49. The summed E-state index contributed by atoms with van der Waals surface area (Å²) < 4.78 is 17.9. The van der Waals surface area contributed by atoms with Crippen molar-refractivity contribution < 1.29 is 13.6 Å². The third-order valence-corrected chi connectivity index (χ3v) is 2.50. The number of aryl methyl sites for hydroxylation is 1. The molecule has 0 saturated carbocycles. The number of thiocarbonyl (C=S) groups is 1. The Hall–Kier alpha value is -2.21. The molecule has 4 nitrogen and oxygen atoms in total. The molecule has 19 heavy (non-hydrogen) atoms. The Bertz CT molecular complexity index is 607. The molecule has 0 spiro atoms. The Labute approximate surface area is 114 Å². The van der Waals surface area contributed by atoms with Crippen molar-refractivity contribution in [3.63, 3.8) is 0 Å². The standard InChI is InChI=1S/C13H11FN2O2S/c1-8-2-7-11(18-8)12(17)16-13(19)15-10-5-3-9(14)4-6-10/h2-7H,1H3,(H2,15,16,17,19). The van der Waals surface area contributed by atoms with Crippen LogP contribution < -0.4 is 10.6 Å². The highest BCUT2D eigenvalue weighted by molar-refractivity contribution is 7.80. The molecule has 0 bridgehead atoms. The average Bonchev–Trinajstić information content (AvgIpc) is 2.79. The molecule has 6 heteroatoms. The Morgan fingerprint density at radius 1 is 1.21 bits per heavy atom. The van der Waals surface area contributed by atoms with Gasteiger partial charge in [-0.3, -0.25) is 10.1 Å². The lowest BCUT2D eigenvalue weighted by Gasteiger charge is -2.08. The molecular formula is C13H11FN2O2S. The molecule has 0 unspecified atom stereocenters. The number of hydrogen-bond acceptors (Lipinski definition) is 3. The largest absolute Gasteiger partial charge is 0.456 e. The van der Waals surface area contributed by atoms with Gasteiger partial charge in [-0.25, -0.2) is 4.39 Å². The second-order valence-electron chi connectivity index (χ2n) is 3.83. The average molecular weight is 278 g/mol. The fourth-order valence-corrected chi connectivity index (χ4v) is 1.63. The smallest absolute Gasteiger partial charge is 0.293 e. The zero-order valence-corrected chi connectivity index (χ0v) is 10.9. The van der Waals surface area contributed by atoms with Crippen molar-refractivity contribution in [1.29, 1.82) is 0 Å². The lowest BCUT2D eigenvalue weighted by molar-refractivity contribution is 0.0949. The van der Waals surface area contributed by atoms with E-state index >= 15 is 0 Å². The number of halogens is 1. The summed E-state index contributed by atoms with van der Waals surface area (Å²) in [5.41, 5.74) is 0.585. The number of amides is 1. The second kappa shape index (κ2) is 5.62. The highest BCUT2D eigenvalue weighted by Crippen LogP contribution is 2.09. The Balaban J connectivity index is 1.94. The van der Waals surface area contributed by atoms with Crippen molar-refractivity contribution in [2.75, 3.05) is 5.32 Å². The summed E-state index contributed by atoms with van der Waals surface area (Å²) in [5.74, 6) is 0.0441. The summed E-state index contributed by atoms with van der Waals surface area (Å²) in [7, 11) is 0. The van der Waals surface area contributed by atoms with Gasteiger partial charge in [0.1, 0.15) is 11.6 Å². The van der Waals surface area contributed by atoms with Crippen molar-refractivity contribution in [2.45, 2.75) is 6.92 Å². The number of benzene rings is 1. The molecule has 0 fully saturated rings. The minimum Gasteiger partial charge on any atom is -0.456 e. The summed E-state index contributed by atoms with van der Waals surface area (Å²) in [6.07, 6.45) is 0. The number of rotatable bonds is 2. The van der Waals surface area contributed by atoms with Gasteiger partial charge in [-0.15, -0.1) is 0 Å². The minimum atomic E-state index is -0.437. The maximum atomic E-state index is 12.7. The first kappa shape index (κ1) is 13.2. The van der Waals surface area contributed by atoms with Gasteiger partial charge >= 0.3 is 0 Å². The zero-order valence-electron chi connectivity index (χ0n) is 10.1. The van der Waals surface area contributed by atoms with Crippen molar-refractivity contribution in [3.05, 3.63) is 53.7 Å². The van der Waals surface area contributed by atoms with E-state index in [1.54, 1.807) is 19.1 Å². The van der Waals surface area contributed by atoms with Gasteiger partial charge in [0.15, 0.2) is 10.9 Å². The van der Waals surface area contributed by atoms with Crippen LogP contribution in [0.25, 0.3) is 0 Å². The van der Waals surface area contributed by atoms with Gasteiger partial charge < -0.3 is 9.73 Å². The van der Waals surface area contributed by atoms with Crippen LogP contribution in [-0.4, -0.2) is 11.0 Å². The highest BCUT2D eigenvalue weighted by atomic mass is 32.1. The Morgan fingerprint density at radius 3 is 2.47 bits per heavy atom. The molecule has 98 valence electrons. The topological polar surface area (TPSA) is 54.3 Å². The molecule has 1 aromatic carbocycles. The fraction of sp³-hybridized carbons (Fsp3) is 0.0769. The van der Waals surface area contributed by atoms with E-state index < -0.39 is 5.91 Å². The van der Waals surface area contributed by atoms with E-state index in [0.717, 1.165) is 0 Å². The maximum absolute atomic E-state index is 12.7. The van der Waals surface area contributed by atoms with Gasteiger partial charge in [0.25, 0.3) is 5.91 Å². The van der Waals surface area contributed by atoms with Gasteiger partial charge in [0, 0.05) is 5.69 Å². The molecule has 1 aromatic heterocycles. The molecule has 0 aliphatic rings. The van der Waals surface area contributed by atoms with Crippen LogP contribution in [0.1, 0.15) is 16.3 Å². The summed E-state index contributed by atoms with van der Waals surface area (Å²) in [6, 6.07) is 8.87. The minimum absolute atomic E-state index is 0.116. The molecule has 2 aromatic rings. The number of carbonyl (C=O) groups is 1. The van der Waals surface area contributed by atoms with Crippen LogP contribution in [0.15, 0.2) is 40.8 Å². The number of carbonyl (C=O) groups excluding carboxylic acids is 1. The van der Waals surface area contributed by atoms with Crippen LogP contribution in [0.4, 0.5) is 10.1 Å². The Kier molecular flexibility index (Phi) is 3.91. The van der Waals surface area contributed by atoms with Crippen LogP contribution in [0.2, 0.25) is 0 Å². The first-order valence-corrected chi connectivity index (χ1v) is 5.90. The first-order chi connectivity index (χ1) is 9.04. The molecule has 0 saturated heterocycles. The normalized spacial score (nSPS) is 10.0. The summed E-state index contributed by atoms with van der Waals surface area (Å²) in [6.45, 7) is 1.74. The van der Waals surface area contributed by atoms with Crippen LogP contribution in [0.3, 0.4) is 0 Å². The third kappa shape index (κ3) is 3.62. The van der Waals surface area contributed by atoms with E-state index in [4.69, 9.17) is 16.6 Å². The predicted octanol–water partition coefficient (Wildman–Crippen LogP) is 2.85. The van der Waals surface area contributed by atoms with Crippen LogP contribution in [0, 0.1) is 12.7 Å². The zero-order chi connectivity index (χ0) is 13.8. The van der Waals surface area contributed by atoms with Gasteiger partial charge in [-0.1, -0.05) is 0 Å². The highest BCUT2D eigenvalue weighted by Gasteiger charge is 2.11. The molecule has 0 radical (unpaired) electrons. The molecule has 1 heterocycles. The third-order valence-electron chi connectivity index (χ3n) is 2.29. The Morgan fingerprint density at radius 2 is 1.89 bits per heavy atom. The van der Waals surface area contributed by atoms with Crippen LogP contribution >= 0.6 is 12.2 Å². The molecule has 0 aliphatic heterocycles. The lowest BCUT2D eigenvalue weighted by atomic mass is 10.3. The van der Waals surface area contributed by atoms with Crippen molar-refractivity contribution in [3.8, 4) is 0 Å². The van der Waals surface area contributed by atoms with Gasteiger partial charge in [-0.2, -0.15) is 0 Å². The second-order valence-corrected chi connectivity index (χ2v) is 4.23. The number of anilines is 1. The predicted molar refractivity (Wildman–Crippen MR) is 73.5 cm³/mol. The monoisotopic (exact) mass is 278 g/mol. The molecule has 2 N–H and O–H groups in total. The van der Waals surface area contributed by atoms with Crippen molar-refractivity contribution in [2.24, 2.45) is 0 Å². The van der Waals surface area contributed by atoms with E-state index in [1.807, 2.05) is 0 Å². The summed E-state index contributed by atoms with van der Waals surface area (Å²) in [4.78, 5) is 11.7. The van der Waals surface area contributed by atoms with Gasteiger partial charge in [0.05, 0.1) is 0 Å². The molecular weight excluding hydrogens is 267 g/mol. The molecule has 0 aliphatic carbocycles. The van der Waals surface area contributed by atoms with Gasteiger partial charge in [0.2, 0.25) is 0 Å². The maximum Gasteiger partial charge on any atom is 0.293 e. The molecule has 1 amide bonds. The molecule has 2 rings (SSSR count).